The summed E-state index contributed by atoms with van der Waals surface area (Å²) in [5.41, 5.74) is 0.488. The molecule has 2 saturated carbocycles. The van der Waals surface area contributed by atoms with E-state index in [1.165, 1.54) is 56.0 Å². The number of rotatable bonds is 4. The van der Waals surface area contributed by atoms with E-state index in [4.69, 9.17) is 11.6 Å². The highest BCUT2D eigenvalue weighted by Crippen LogP contribution is 2.39. The Hall–Kier alpha value is -1.03. The van der Waals surface area contributed by atoms with Crippen LogP contribution in [0.3, 0.4) is 0 Å². The Balaban J connectivity index is 1.83. The third kappa shape index (κ3) is 3.10. The molecular weight excluding hydrogens is 286 g/mol. The molecule has 116 valence electrons. The number of anilines is 1. The molecule has 2 aliphatic rings. The maximum Gasteiger partial charge on any atom is 0.287 e. The van der Waals surface area contributed by atoms with Crippen LogP contribution in [-0.2, 0) is 7.05 Å². The Bertz CT molecular complexity index is 529. The highest BCUT2D eigenvalue weighted by Gasteiger charge is 2.33. The summed E-state index contributed by atoms with van der Waals surface area (Å²) in [6.45, 7) is 0. The van der Waals surface area contributed by atoms with Crippen LogP contribution in [0.4, 0.5) is 5.69 Å². The second-order valence-corrected chi connectivity index (χ2v) is 6.94. The number of aromatic nitrogens is 2. The summed E-state index contributed by atoms with van der Waals surface area (Å²) in [4.78, 5) is 11.9. The van der Waals surface area contributed by atoms with Crippen LogP contribution in [0.15, 0.2) is 11.0 Å². The van der Waals surface area contributed by atoms with Gasteiger partial charge in [0.25, 0.3) is 5.56 Å². The van der Waals surface area contributed by atoms with Crippen molar-refractivity contribution in [3.8, 4) is 0 Å². The molecule has 0 bridgehead atoms. The number of nitrogens with zero attached hydrogens (tertiary/aromatic N) is 2. The molecule has 1 N–H and O–H groups in total. The average Bonchev–Trinajstić information content (AvgIpc) is 3.17. The lowest BCUT2D eigenvalue weighted by atomic mass is 9.85. The van der Waals surface area contributed by atoms with E-state index in [1.807, 2.05) is 0 Å². The van der Waals surface area contributed by atoms with E-state index in [0.717, 1.165) is 0 Å². The lowest BCUT2D eigenvalue weighted by Gasteiger charge is -2.31. The monoisotopic (exact) mass is 309 g/mol. The fourth-order valence-electron chi connectivity index (χ4n) is 4.04. The first-order valence-electron chi connectivity index (χ1n) is 8.15. The van der Waals surface area contributed by atoms with Crippen molar-refractivity contribution >= 4 is 17.3 Å². The molecule has 1 aromatic rings. The Morgan fingerprint density at radius 2 is 1.71 bits per heavy atom. The van der Waals surface area contributed by atoms with E-state index < -0.39 is 0 Å². The van der Waals surface area contributed by atoms with Gasteiger partial charge in [-0.3, -0.25) is 4.79 Å². The zero-order valence-corrected chi connectivity index (χ0v) is 13.4. The van der Waals surface area contributed by atoms with Gasteiger partial charge in [0, 0.05) is 13.1 Å². The van der Waals surface area contributed by atoms with Gasteiger partial charge in [0.2, 0.25) is 0 Å². The van der Waals surface area contributed by atoms with E-state index in [1.54, 1.807) is 13.2 Å². The fraction of sp³-hybridized carbons (Fsp3) is 0.750. The minimum Gasteiger partial charge on any atom is -0.379 e. The van der Waals surface area contributed by atoms with Crippen LogP contribution in [0.25, 0.3) is 0 Å². The van der Waals surface area contributed by atoms with Crippen LogP contribution in [-0.4, -0.2) is 15.8 Å². The van der Waals surface area contributed by atoms with Crippen molar-refractivity contribution in [2.24, 2.45) is 18.9 Å². The number of nitrogens with one attached hydrogen (secondary N) is 1. The van der Waals surface area contributed by atoms with E-state index >= 15 is 0 Å². The predicted octanol–water partition coefficient (Wildman–Crippen LogP) is 3.59. The molecule has 21 heavy (non-hydrogen) atoms. The fourth-order valence-corrected chi connectivity index (χ4v) is 4.27. The second kappa shape index (κ2) is 6.39. The highest BCUT2D eigenvalue weighted by molar-refractivity contribution is 6.32. The zero-order chi connectivity index (χ0) is 14.8. The highest BCUT2D eigenvalue weighted by atomic mass is 35.5. The van der Waals surface area contributed by atoms with Crippen molar-refractivity contribution in [3.63, 3.8) is 0 Å². The van der Waals surface area contributed by atoms with Crippen molar-refractivity contribution in [1.82, 2.24) is 9.78 Å². The Morgan fingerprint density at radius 1 is 1.19 bits per heavy atom. The van der Waals surface area contributed by atoms with Gasteiger partial charge in [-0.1, -0.05) is 37.3 Å². The number of hydrogen-bond acceptors (Lipinski definition) is 3. The van der Waals surface area contributed by atoms with Gasteiger partial charge in [-0.05, 0) is 37.5 Å². The van der Waals surface area contributed by atoms with Crippen molar-refractivity contribution in [3.05, 3.63) is 21.6 Å². The molecule has 0 aliphatic heterocycles. The lowest BCUT2D eigenvalue weighted by molar-refractivity contribution is 0.338. The SMILES string of the molecule is Cn1ncc(NC(C2CCCC2)C2CCCC2)c(Cl)c1=O. The van der Waals surface area contributed by atoms with Gasteiger partial charge in [0.15, 0.2) is 0 Å². The first-order valence-corrected chi connectivity index (χ1v) is 8.53. The van der Waals surface area contributed by atoms with Crippen LogP contribution in [0.5, 0.6) is 0 Å². The van der Waals surface area contributed by atoms with E-state index in [2.05, 4.69) is 10.4 Å². The summed E-state index contributed by atoms with van der Waals surface area (Å²) >= 11 is 6.22. The first kappa shape index (κ1) is 14.9. The zero-order valence-electron chi connectivity index (χ0n) is 12.6. The molecule has 1 heterocycles. The van der Waals surface area contributed by atoms with Crippen LogP contribution in [0.1, 0.15) is 51.4 Å². The first-order chi connectivity index (χ1) is 10.2. The second-order valence-electron chi connectivity index (χ2n) is 6.56. The molecular formula is C16H24ClN3O. The van der Waals surface area contributed by atoms with Gasteiger partial charge in [0.1, 0.15) is 5.02 Å². The van der Waals surface area contributed by atoms with Crippen molar-refractivity contribution in [2.45, 2.75) is 57.4 Å². The van der Waals surface area contributed by atoms with Crippen LogP contribution >= 0.6 is 11.6 Å². The molecule has 5 heteroatoms. The van der Waals surface area contributed by atoms with Gasteiger partial charge in [-0.2, -0.15) is 5.10 Å². The molecule has 0 aromatic carbocycles. The van der Waals surface area contributed by atoms with Crippen LogP contribution < -0.4 is 10.9 Å². The van der Waals surface area contributed by atoms with Gasteiger partial charge in [0.05, 0.1) is 11.9 Å². The average molecular weight is 310 g/mol. The van der Waals surface area contributed by atoms with Gasteiger partial charge >= 0.3 is 0 Å². The van der Waals surface area contributed by atoms with Crippen LogP contribution in [0, 0.1) is 11.8 Å². The Morgan fingerprint density at radius 3 is 2.24 bits per heavy atom. The molecule has 0 atom stereocenters. The number of halogens is 1. The standard InChI is InChI=1S/C16H24ClN3O/c1-20-16(21)14(17)13(10-18-20)19-15(11-6-2-3-7-11)12-8-4-5-9-12/h10-12,15,19H,2-9H2,1H3. The van der Waals surface area contributed by atoms with Crippen molar-refractivity contribution in [2.75, 3.05) is 5.32 Å². The molecule has 0 saturated heterocycles. The molecule has 0 unspecified atom stereocenters. The minimum atomic E-state index is -0.224. The van der Waals surface area contributed by atoms with Crippen molar-refractivity contribution in [1.29, 1.82) is 0 Å². The quantitative estimate of drug-likeness (QED) is 0.924. The largest absolute Gasteiger partial charge is 0.379 e. The molecule has 0 amide bonds. The maximum atomic E-state index is 11.9. The normalized spacial score (nSPS) is 20.5. The Kier molecular flexibility index (Phi) is 4.53. The van der Waals surface area contributed by atoms with Crippen molar-refractivity contribution < 1.29 is 0 Å². The predicted molar refractivity (Wildman–Crippen MR) is 85.8 cm³/mol. The van der Waals surface area contributed by atoms with Gasteiger partial charge in [-0.15, -0.1) is 0 Å². The molecule has 0 radical (unpaired) electrons. The summed E-state index contributed by atoms with van der Waals surface area (Å²) < 4.78 is 1.29. The summed E-state index contributed by atoms with van der Waals surface area (Å²) in [5, 5.41) is 7.97. The van der Waals surface area contributed by atoms with E-state index in [9.17, 15) is 4.79 Å². The number of aryl methyl sites for hydroxylation is 1. The van der Waals surface area contributed by atoms with E-state index in [-0.39, 0.29) is 10.6 Å². The number of hydrogen-bond donors (Lipinski definition) is 1. The summed E-state index contributed by atoms with van der Waals surface area (Å²) in [7, 11) is 1.63. The molecule has 0 spiro atoms. The topological polar surface area (TPSA) is 46.9 Å². The third-order valence-electron chi connectivity index (χ3n) is 5.22. The lowest BCUT2D eigenvalue weighted by Crippen LogP contribution is -2.35. The molecule has 1 aromatic heterocycles. The molecule has 4 nitrogen and oxygen atoms in total. The summed E-state index contributed by atoms with van der Waals surface area (Å²) in [5.74, 6) is 1.43. The van der Waals surface area contributed by atoms with Crippen LogP contribution in [0.2, 0.25) is 5.02 Å². The summed E-state index contributed by atoms with van der Waals surface area (Å²) in [6.07, 6.45) is 12.2. The molecule has 2 aliphatic carbocycles. The smallest absolute Gasteiger partial charge is 0.287 e. The summed E-state index contributed by atoms with van der Waals surface area (Å²) in [6, 6.07) is 0.446. The minimum absolute atomic E-state index is 0.224. The molecule has 2 fully saturated rings. The maximum absolute atomic E-state index is 11.9. The van der Waals surface area contributed by atoms with Gasteiger partial charge in [-0.25, -0.2) is 4.68 Å². The third-order valence-corrected chi connectivity index (χ3v) is 5.58. The van der Waals surface area contributed by atoms with Gasteiger partial charge < -0.3 is 5.32 Å². The molecule has 3 rings (SSSR count). The van der Waals surface area contributed by atoms with E-state index in [0.29, 0.717) is 23.6 Å². The Labute approximate surface area is 130 Å².